The smallest absolute Gasteiger partial charge is 0.160 e. The summed E-state index contributed by atoms with van der Waals surface area (Å²) in [5.74, 6) is 0. The number of likely N-dealkylation sites (tertiary alicyclic amines) is 1. The molecule has 6 heteroatoms. The normalized spacial score (nSPS) is 21.0. The van der Waals surface area contributed by atoms with Gasteiger partial charge in [-0.15, -0.1) is 0 Å². The lowest BCUT2D eigenvalue weighted by atomic mass is 10.0. The van der Waals surface area contributed by atoms with Crippen molar-refractivity contribution in [2.24, 2.45) is 0 Å². The molecule has 0 amide bonds. The van der Waals surface area contributed by atoms with E-state index in [1.165, 1.54) is 18.4 Å². The molecule has 2 atom stereocenters. The first-order valence-corrected chi connectivity index (χ1v) is 8.95. The number of rotatable bonds is 5. The molecule has 1 saturated heterocycles. The lowest BCUT2D eigenvalue weighted by Gasteiger charge is -2.19. The zero-order valence-corrected chi connectivity index (χ0v) is 13.9. The summed E-state index contributed by atoms with van der Waals surface area (Å²) in [4.78, 5) is 5.71. The Morgan fingerprint density at radius 2 is 2.27 bits per heavy atom. The second kappa shape index (κ2) is 6.40. The van der Waals surface area contributed by atoms with Gasteiger partial charge in [0, 0.05) is 23.1 Å². The molecular formula is C16H23N3O2S. The third kappa shape index (κ3) is 2.91. The van der Waals surface area contributed by atoms with Crippen LogP contribution >= 0.6 is 0 Å². The molecule has 120 valence electrons. The molecule has 1 fully saturated rings. The number of hydrogen-bond acceptors (Lipinski definition) is 4. The standard InChI is InChI=1S/C16H23N3O2S/c1-17-16(22(20)21)11-5-6-15-14(9-11)12(10-18-15)8-13-4-3-7-19(13)2/h5-6,9-10,13,16-18,22H,3-4,7-8H2,1-2H3. The van der Waals surface area contributed by atoms with E-state index in [1.807, 2.05) is 18.2 Å². The van der Waals surface area contributed by atoms with Crippen LogP contribution in [0.15, 0.2) is 24.4 Å². The van der Waals surface area contributed by atoms with Gasteiger partial charge in [0.2, 0.25) is 0 Å². The fraction of sp³-hybridized carbons (Fsp3) is 0.500. The van der Waals surface area contributed by atoms with Crippen LogP contribution in [0.5, 0.6) is 0 Å². The molecule has 1 aromatic carbocycles. The van der Waals surface area contributed by atoms with Gasteiger partial charge in [0.05, 0.1) is 0 Å². The van der Waals surface area contributed by atoms with Crippen LogP contribution in [0, 0.1) is 0 Å². The van der Waals surface area contributed by atoms with Crippen LogP contribution < -0.4 is 5.32 Å². The molecular weight excluding hydrogens is 298 g/mol. The molecule has 3 rings (SSSR count). The number of H-pyrrole nitrogens is 1. The number of benzene rings is 1. The van der Waals surface area contributed by atoms with E-state index < -0.39 is 16.1 Å². The van der Waals surface area contributed by atoms with Gasteiger partial charge in [-0.3, -0.25) is 0 Å². The summed E-state index contributed by atoms with van der Waals surface area (Å²) in [6.45, 7) is 1.16. The average molecular weight is 321 g/mol. The monoisotopic (exact) mass is 321 g/mol. The van der Waals surface area contributed by atoms with Crippen molar-refractivity contribution in [3.63, 3.8) is 0 Å². The topological polar surface area (TPSA) is 65.2 Å². The third-order valence-electron chi connectivity index (χ3n) is 4.72. The number of aromatic amines is 1. The van der Waals surface area contributed by atoms with Gasteiger partial charge in [-0.1, -0.05) is 6.07 Å². The van der Waals surface area contributed by atoms with E-state index in [4.69, 9.17) is 0 Å². The molecule has 1 aromatic heterocycles. The largest absolute Gasteiger partial charge is 0.361 e. The first kappa shape index (κ1) is 15.5. The highest BCUT2D eigenvalue weighted by Crippen LogP contribution is 2.27. The lowest BCUT2D eigenvalue weighted by Crippen LogP contribution is -2.26. The number of likely N-dealkylation sites (N-methyl/N-ethyl adjacent to an activating group) is 1. The van der Waals surface area contributed by atoms with Gasteiger partial charge in [-0.2, -0.15) is 0 Å². The maximum atomic E-state index is 11.4. The summed E-state index contributed by atoms with van der Waals surface area (Å²) < 4.78 is 22.7. The van der Waals surface area contributed by atoms with Gasteiger partial charge < -0.3 is 15.2 Å². The SMILES string of the molecule is CNC(c1ccc2[nH]cc(CC3CCCN3C)c2c1)[SH](=O)=O. The van der Waals surface area contributed by atoms with Gasteiger partial charge in [0.1, 0.15) is 5.37 Å². The Bertz CT molecular complexity index is 730. The maximum Gasteiger partial charge on any atom is 0.160 e. The molecule has 22 heavy (non-hydrogen) atoms. The van der Waals surface area contributed by atoms with Gasteiger partial charge in [0.15, 0.2) is 10.7 Å². The second-order valence-corrected chi connectivity index (χ2v) is 7.16. The van der Waals surface area contributed by atoms with E-state index in [0.717, 1.165) is 29.4 Å². The molecule has 0 spiro atoms. The Morgan fingerprint density at radius 3 is 2.91 bits per heavy atom. The minimum absolute atomic E-state index is 0.582. The Labute approximate surface area is 132 Å². The summed E-state index contributed by atoms with van der Waals surface area (Å²) in [5.41, 5.74) is 3.13. The van der Waals surface area contributed by atoms with Crippen LogP contribution in [0.3, 0.4) is 0 Å². The van der Waals surface area contributed by atoms with E-state index in [1.54, 1.807) is 7.05 Å². The van der Waals surface area contributed by atoms with E-state index in [0.29, 0.717) is 6.04 Å². The van der Waals surface area contributed by atoms with Crippen molar-refractivity contribution >= 4 is 21.6 Å². The Balaban J connectivity index is 1.94. The molecule has 0 radical (unpaired) electrons. The number of nitrogens with zero attached hydrogens (tertiary/aromatic N) is 1. The Hall–Kier alpha value is -1.37. The fourth-order valence-electron chi connectivity index (χ4n) is 3.42. The zero-order valence-electron chi connectivity index (χ0n) is 13.0. The van der Waals surface area contributed by atoms with Crippen molar-refractivity contribution in [3.05, 3.63) is 35.5 Å². The molecule has 1 aliphatic heterocycles. The molecule has 0 saturated carbocycles. The number of aromatic nitrogens is 1. The number of nitrogens with one attached hydrogen (secondary N) is 2. The Morgan fingerprint density at radius 1 is 1.45 bits per heavy atom. The van der Waals surface area contributed by atoms with Crippen molar-refractivity contribution in [3.8, 4) is 0 Å². The highest BCUT2D eigenvalue weighted by atomic mass is 32.2. The molecule has 2 unspecified atom stereocenters. The highest BCUT2D eigenvalue weighted by molar-refractivity contribution is 7.72. The van der Waals surface area contributed by atoms with Gasteiger partial charge >= 0.3 is 0 Å². The second-order valence-electron chi connectivity index (χ2n) is 6.08. The van der Waals surface area contributed by atoms with Crippen LogP contribution in [0.25, 0.3) is 10.9 Å². The van der Waals surface area contributed by atoms with Crippen LogP contribution in [-0.2, 0) is 17.1 Å². The van der Waals surface area contributed by atoms with Crippen molar-refractivity contribution < 1.29 is 8.42 Å². The minimum Gasteiger partial charge on any atom is -0.361 e. The van der Waals surface area contributed by atoms with Crippen molar-refractivity contribution in [1.29, 1.82) is 0 Å². The summed E-state index contributed by atoms with van der Waals surface area (Å²) in [6, 6.07) is 6.42. The van der Waals surface area contributed by atoms with E-state index in [2.05, 4.69) is 28.4 Å². The van der Waals surface area contributed by atoms with Crippen LogP contribution in [0.1, 0.15) is 29.3 Å². The fourth-order valence-corrected chi connectivity index (χ4v) is 4.03. The zero-order chi connectivity index (χ0) is 15.7. The molecule has 1 aliphatic rings. The first-order chi connectivity index (χ1) is 10.6. The molecule has 0 bridgehead atoms. The van der Waals surface area contributed by atoms with Crippen molar-refractivity contribution in [2.45, 2.75) is 30.7 Å². The van der Waals surface area contributed by atoms with E-state index in [-0.39, 0.29) is 0 Å². The predicted molar refractivity (Wildman–Crippen MR) is 89.8 cm³/mol. The number of hydrogen-bond donors (Lipinski definition) is 3. The quantitative estimate of drug-likeness (QED) is 0.733. The van der Waals surface area contributed by atoms with Gasteiger partial charge in [-0.05, 0) is 63.2 Å². The molecule has 2 heterocycles. The maximum absolute atomic E-state index is 11.4. The summed E-state index contributed by atoms with van der Waals surface area (Å²) >= 11 is 0. The first-order valence-electron chi connectivity index (χ1n) is 7.71. The third-order valence-corrected chi connectivity index (χ3v) is 5.70. The van der Waals surface area contributed by atoms with Crippen molar-refractivity contribution in [1.82, 2.24) is 15.2 Å². The van der Waals surface area contributed by atoms with Crippen molar-refractivity contribution in [2.75, 3.05) is 20.6 Å². The van der Waals surface area contributed by atoms with E-state index >= 15 is 0 Å². The molecule has 2 aromatic rings. The molecule has 0 aliphatic carbocycles. The van der Waals surface area contributed by atoms with Crippen LogP contribution in [0.2, 0.25) is 0 Å². The predicted octanol–water partition coefficient (Wildman–Crippen LogP) is 1.63. The average Bonchev–Trinajstić information content (AvgIpc) is 3.07. The van der Waals surface area contributed by atoms with Gasteiger partial charge in [0.25, 0.3) is 0 Å². The minimum atomic E-state index is -2.54. The van der Waals surface area contributed by atoms with Crippen LogP contribution in [-0.4, -0.2) is 45.0 Å². The van der Waals surface area contributed by atoms with Crippen LogP contribution in [0.4, 0.5) is 0 Å². The molecule has 5 nitrogen and oxygen atoms in total. The summed E-state index contributed by atoms with van der Waals surface area (Å²) in [6.07, 6.45) is 5.56. The summed E-state index contributed by atoms with van der Waals surface area (Å²) in [5, 5.41) is 3.37. The molecule has 2 N–H and O–H groups in total. The number of fused-ring (bicyclic) bond motifs is 1. The lowest BCUT2D eigenvalue weighted by molar-refractivity contribution is 0.310. The Kier molecular flexibility index (Phi) is 4.52. The van der Waals surface area contributed by atoms with E-state index in [9.17, 15) is 8.42 Å². The summed E-state index contributed by atoms with van der Waals surface area (Å²) in [7, 11) is 1.31. The highest BCUT2D eigenvalue weighted by Gasteiger charge is 2.22. The number of thiol groups is 1. The van der Waals surface area contributed by atoms with Gasteiger partial charge in [-0.25, -0.2) is 8.42 Å².